The first kappa shape index (κ1) is 8.80. The molecule has 0 fully saturated rings. The molecule has 4 nitrogen and oxygen atoms in total. The highest BCUT2D eigenvalue weighted by Crippen LogP contribution is 2.20. The lowest BCUT2D eigenvalue weighted by molar-refractivity contribution is 0.626. The summed E-state index contributed by atoms with van der Waals surface area (Å²) >= 11 is 0. The molecule has 1 aromatic heterocycles. The zero-order chi connectivity index (χ0) is 9.97. The van der Waals surface area contributed by atoms with Crippen LogP contribution in [0.25, 0.3) is 11.4 Å². The molecule has 0 bridgehead atoms. The summed E-state index contributed by atoms with van der Waals surface area (Å²) in [5.74, 6) is 0.260. The Labute approximate surface area is 80.2 Å². The van der Waals surface area contributed by atoms with Crippen LogP contribution in [0.1, 0.15) is 12.5 Å². The fourth-order valence-corrected chi connectivity index (χ4v) is 1.35. The Kier molecular flexibility index (Phi) is 2.22. The first-order valence-corrected chi connectivity index (χ1v) is 4.33. The Bertz CT molecular complexity index is 424. The molecule has 0 aliphatic heterocycles. The third-order valence-corrected chi connectivity index (χ3v) is 2.03. The summed E-state index contributed by atoms with van der Waals surface area (Å²) in [4.78, 5) is 0. The van der Waals surface area contributed by atoms with Gasteiger partial charge >= 0.3 is 0 Å². The third kappa shape index (κ3) is 1.48. The summed E-state index contributed by atoms with van der Waals surface area (Å²) < 4.78 is 12.9. The number of benzene rings is 1. The Morgan fingerprint density at radius 2 is 2.29 bits per heavy atom. The summed E-state index contributed by atoms with van der Waals surface area (Å²) in [5, 5.41) is 13.5. The molecule has 1 aromatic carbocycles. The van der Waals surface area contributed by atoms with Crippen molar-refractivity contribution in [1.29, 1.82) is 0 Å². The highest BCUT2D eigenvalue weighted by Gasteiger charge is 2.08. The van der Waals surface area contributed by atoms with Crippen molar-refractivity contribution in [3.05, 3.63) is 29.6 Å². The molecule has 1 heterocycles. The van der Waals surface area contributed by atoms with Gasteiger partial charge in [-0.3, -0.25) is 0 Å². The minimum absolute atomic E-state index is 0.242. The van der Waals surface area contributed by atoms with E-state index in [4.69, 9.17) is 0 Å². The van der Waals surface area contributed by atoms with Crippen LogP contribution in [-0.4, -0.2) is 20.6 Å². The van der Waals surface area contributed by atoms with Crippen molar-refractivity contribution in [2.45, 2.75) is 13.3 Å². The highest BCUT2D eigenvalue weighted by atomic mass is 19.1. The largest absolute Gasteiger partial charge is 0.207 e. The molecular weight excluding hydrogens is 183 g/mol. The zero-order valence-corrected chi connectivity index (χ0v) is 7.66. The maximum Gasteiger partial charge on any atom is 0.204 e. The lowest BCUT2D eigenvalue weighted by Crippen LogP contribution is -1.91. The summed E-state index contributed by atoms with van der Waals surface area (Å²) in [6.45, 7) is 1.96. The Balaban J connectivity index is 2.53. The van der Waals surface area contributed by atoms with E-state index in [2.05, 4.69) is 20.6 Å². The van der Waals surface area contributed by atoms with Crippen LogP contribution in [0.2, 0.25) is 0 Å². The number of hydrogen-bond acceptors (Lipinski definition) is 3. The second kappa shape index (κ2) is 3.53. The zero-order valence-electron chi connectivity index (χ0n) is 7.66. The van der Waals surface area contributed by atoms with E-state index in [1.165, 1.54) is 12.1 Å². The second-order valence-corrected chi connectivity index (χ2v) is 2.89. The summed E-state index contributed by atoms with van der Waals surface area (Å²) in [6, 6.07) is 4.55. The van der Waals surface area contributed by atoms with Gasteiger partial charge in [0.05, 0.1) is 0 Å². The van der Waals surface area contributed by atoms with Gasteiger partial charge < -0.3 is 0 Å². The van der Waals surface area contributed by atoms with E-state index >= 15 is 0 Å². The van der Waals surface area contributed by atoms with Crippen molar-refractivity contribution in [3.63, 3.8) is 0 Å². The monoisotopic (exact) mass is 192 g/mol. The molecule has 0 amide bonds. The molecule has 5 heteroatoms. The van der Waals surface area contributed by atoms with Gasteiger partial charge in [-0.05, 0) is 35.4 Å². The smallest absolute Gasteiger partial charge is 0.204 e. The van der Waals surface area contributed by atoms with Crippen molar-refractivity contribution >= 4 is 0 Å². The Morgan fingerprint density at radius 1 is 1.43 bits per heavy atom. The standard InChI is InChI=1S/C9H9FN4/c1-2-6-5-7(10)3-4-8(6)9-11-13-14-12-9/h3-5H,2H2,1H3,(H,11,12,13,14). The average Bonchev–Trinajstić information content (AvgIpc) is 2.70. The SMILES string of the molecule is CCc1cc(F)ccc1-c1nn[nH]n1. The van der Waals surface area contributed by atoms with Gasteiger partial charge in [0.15, 0.2) is 0 Å². The molecular formula is C9H9FN4. The molecule has 72 valence electrons. The van der Waals surface area contributed by atoms with Gasteiger partial charge in [0.25, 0.3) is 0 Å². The lowest BCUT2D eigenvalue weighted by Gasteiger charge is -2.02. The number of H-pyrrole nitrogens is 1. The number of nitrogens with one attached hydrogen (secondary N) is 1. The minimum Gasteiger partial charge on any atom is -0.207 e. The van der Waals surface area contributed by atoms with Crippen LogP contribution in [0, 0.1) is 5.82 Å². The van der Waals surface area contributed by atoms with Crippen LogP contribution >= 0.6 is 0 Å². The molecule has 2 rings (SSSR count). The number of nitrogens with zero attached hydrogens (tertiary/aromatic N) is 3. The molecule has 0 atom stereocenters. The molecule has 0 saturated heterocycles. The van der Waals surface area contributed by atoms with E-state index in [9.17, 15) is 4.39 Å². The van der Waals surface area contributed by atoms with Crippen LogP contribution in [0.4, 0.5) is 4.39 Å². The molecule has 1 N–H and O–H groups in total. The van der Waals surface area contributed by atoms with Crippen LogP contribution in [0.15, 0.2) is 18.2 Å². The lowest BCUT2D eigenvalue weighted by atomic mass is 10.0. The van der Waals surface area contributed by atoms with Crippen LogP contribution in [0.3, 0.4) is 0 Å². The maximum atomic E-state index is 12.9. The number of hydrogen-bond donors (Lipinski definition) is 1. The molecule has 0 radical (unpaired) electrons. The second-order valence-electron chi connectivity index (χ2n) is 2.89. The first-order chi connectivity index (χ1) is 6.81. The molecule has 0 spiro atoms. The fourth-order valence-electron chi connectivity index (χ4n) is 1.35. The number of tetrazole rings is 1. The van der Waals surface area contributed by atoms with Gasteiger partial charge in [-0.2, -0.15) is 5.21 Å². The van der Waals surface area contributed by atoms with Gasteiger partial charge in [0.1, 0.15) is 5.82 Å². The van der Waals surface area contributed by atoms with Crippen molar-refractivity contribution in [1.82, 2.24) is 20.6 Å². The van der Waals surface area contributed by atoms with Crippen molar-refractivity contribution in [2.24, 2.45) is 0 Å². The van der Waals surface area contributed by atoms with Gasteiger partial charge in [0, 0.05) is 5.56 Å². The summed E-state index contributed by atoms with van der Waals surface area (Å²) in [5.41, 5.74) is 1.70. The molecule has 0 saturated carbocycles. The van der Waals surface area contributed by atoms with Gasteiger partial charge in [-0.15, -0.1) is 10.2 Å². The Hall–Kier alpha value is -1.78. The predicted octanol–water partition coefficient (Wildman–Crippen LogP) is 1.57. The van der Waals surface area contributed by atoms with Gasteiger partial charge in [-0.1, -0.05) is 6.92 Å². The molecule has 14 heavy (non-hydrogen) atoms. The maximum absolute atomic E-state index is 12.9. The quantitative estimate of drug-likeness (QED) is 0.785. The van der Waals surface area contributed by atoms with Crippen molar-refractivity contribution in [3.8, 4) is 11.4 Å². The van der Waals surface area contributed by atoms with E-state index in [0.29, 0.717) is 5.82 Å². The molecule has 0 aliphatic carbocycles. The minimum atomic E-state index is -0.242. The fraction of sp³-hybridized carbons (Fsp3) is 0.222. The van der Waals surface area contributed by atoms with Crippen LogP contribution < -0.4 is 0 Å². The third-order valence-electron chi connectivity index (χ3n) is 2.03. The number of aromatic nitrogens is 4. The number of aromatic amines is 1. The number of halogens is 1. The van der Waals surface area contributed by atoms with E-state index in [1.54, 1.807) is 6.07 Å². The van der Waals surface area contributed by atoms with E-state index in [1.807, 2.05) is 6.92 Å². The first-order valence-electron chi connectivity index (χ1n) is 4.33. The van der Waals surface area contributed by atoms with Crippen LogP contribution in [-0.2, 0) is 6.42 Å². The number of aryl methyl sites for hydroxylation is 1. The number of rotatable bonds is 2. The molecule has 0 aliphatic rings. The summed E-state index contributed by atoms with van der Waals surface area (Å²) in [6.07, 6.45) is 0.738. The van der Waals surface area contributed by atoms with E-state index in [-0.39, 0.29) is 5.82 Å². The average molecular weight is 192 g/mol. The molecule has 2 aromatic rings. The molecule has 0 unspecified atom stereocenters. The van der Waals surface area contributed by atoms with E-state index < -0.39 is 0 Å². The Morgan fingerprint density at radius 3 is 2.93 bits per heavy atom. The predicted molar refractivity (Wildman–Crippen MR) is 48.9 cm³/mol. The van der Waals surface area contributed by atoms with Crippen molar-refractivity contribution in [2.75, 3.05) is 0 Å². The van der Waals surface area contributed by atoms with Crippen LogP contribution in [0.5, 0.6) is 0 Å². The van der Waals surface area contributed by atoms with Crippen molar-refractivity contribution < 1.29 is 4.39 Å². The van der Waals surface area contributed by atoms with Gasteiger partial charge in [0.2, 0.25) is 5.82 Å². The topological polar surface area (TPSA) is 54.5 Å². The summed E-state index contributed by atoms with van der Waals surface area (Å²) in [7, 11) is 0. The van der Waals surface area contributed by atoms with Gasteiger partial charge in [-0.25, -0.2) is 4.39 Å². The highest BCUT2D eigenvalue weighted by molar-refractivity contribution is 5.59. The normalized spacial score (nSPS) is 10.4. The van der Waals surface area contributed by atoms with E-state index in [0.717, 1.165) is 17.5 Å².